The van der Waals surface area contributed by atoms with Gasteiger partial charge >= 0.3 is 12.2 Å². The SMILES string of the molecule is COC(=O)N(/N=C/c1ccc(C)cc1)C(=O)OC. The molecule has 0 saturated carbocycles. The first kappa shape index (κ1) is 13.7. The lowest BCUT2D eigenvalue weighted by Gasteiger charge is -2.11. The van der Waals surface area contributed by atoms with E-state index in [-0.39, 0.29) is 0 Å². The number of carbonyl (C=O) groups excluding carboxylic acids is 2. The van der Waals surface area contributed by atoms with Gasteiger partial charge in [-0.05, 0) is 12.5 Å². The number of imide groups is 1. The van der Waals surface area contributed by atoms with E-state index in [1.165, 1.54) is 6.21 Å². The summed E-state index contributed by atoms with van der Waals surface area (Å²) in [4.78, 5) is 22.6. The fraction of sp³-hybridized carbons (Fsp3) is 0.250. The molecular weight excluding hydrogens is 236 g/mol. The molecule has 0 fully saturated rings. The molecule has 6 heteroatoms. The first-order valence-corrected chi connectivity index (χ1v) is 5.15. The number of hydrogen-bond acceptors (Lipinski definition) is 5. The zero-order valence-corrected chi connectivity index (χ0v) is 10.4. The van der Waals surface area contributed by atoms with Crippen LogP contribution in [0.5, 0.6) is 0 Å². The summed E-state index contributed by atoms with van der Waals surface area (Å²) in [5, 5.41) is 4.22. The molecule has 2 amide bonds. The van der Waals surface area contributed by atoms with Crippen LogP contribution in [-0.2, 0) is 9.47 Å². The molecule has 0 radical (unpaired) electrons. The largest absolute Gasteiger partial charge is 0.451 e. The molecule has 0 aliphatic heterocycles. The Labute approximate surface area is 105 Å². The van der Waals surface area contributed by atoms with Gasteiger partial charge in [0.05, 0.1) is 20.4 Å². The molecule has 1 rings (SSSR count). The van der Waals surface area contributed by atoms with Crippen LogP contribution in [0, 0.1) is 6.92 Å². The van der Waals surface area contributed by atoms with Gasteiger partial charge in [0.2, 0.25) is 0 Å². The molecule has 0 heterocycles. The highest BCUT2D eigenvalue weighted by molar-refractivity contribution is 5.90. The maximum absolute atomic E-state index is 11.3. The van der Waals surface area contributed by atoms with Gasteiger partial charge in [-0.3, -0.25) is 0 Å². The van der Waals surface area contributed by atoms with Crippen LogP contribution in [0.4, 0.5) is 9.59 Å². The molecule has 0 unspecified atom stereocenters. The molecule has 0 N–H and O–H groups in total. The summed E-state index contributed by atoms with van der Waals surface area (Å²) < 4.78 is 8.83. The van der Waals surface area contributed by atoms with Crippen LogP contribution in [0.15, 0.2) is 29.4 Å². The van der Waals surface area contributed by atoms with Gasteiger partial charge in [0.25, 0.3) is 0 Å². The number of amides is 2. The van der Waals surface area contributed by atoms with Gasteiger partial charge in [0.15, 0.2) is 0 Å². The van der Waals surface area contributed by atoms with Gasteiger partial charge in [0.1, 0.15) is 0 Å². The molecule has 18 heavy (non-hydrogen) atoms. The molecule has 0 aliphatic rings. The molecule has 0 aromatic heterocycles. The fourth-order valence-corrected chi connectivity index (χ4v) is 1.12. The maximum Gasteiger partial charge on any atom is 0.440 e. The second kappa shape index (κ2) is 6.39. The normalized spacial score (nSPS) is 10.2. The fourth-order valence-electron chi connectivity index (χ4n) is 1.12. The number of hydrogen-bond donors (Lipinski definition) is 0. The van der Waals surface area contributed by atoms with Crippen molar-refractivity contribution in [2.75, 3.05) is 14.2 Å². The number of rotatable bonds is 2. The average molecular weight is 250 g/mol. The van der Waals surface area contributed by atoms with Crippen LogP contribution in [-0.4, -0.2) is 37.6 Å². The number of ether oxygens (including phenoxy) is 2. The van der Waals surface area contributed by atoms with Crippen molar-refractivity contribution in [2.45, 2.75) is 6.92 Å². The monoisotopic (exact) mass is 250 g/mol. The minimum absolute atomic E-state index is 0.500. The van der Waals surface area contributed by atoms with Crippen molar-refractivity contribution in [2.24, 2.45) is 5.10 Å². The van der Waals surface area contributed by atoms with Crippen LogP contribution in [0.25, 0.3) is 0 Å². The second-order valence-corrected chi connectivity index (χ2v) is 3.41. The van der Waals surface area contributed by atoms with E-state index in [0.717, 1.165) is 25.3 Å². The van der Waals surface area contributed by atoms with Crippen LogP contribution in [0.3, 0.4) is 0 Å². The summed E-state index contributed by atoms with van der Waals surface area (Å²) in [6.45, 7) is 1.95. The number of nitrogens with zero attached hydrogens (tertiary/aromatic N) is 2. The van der Waals surface area contributed by atoms with E-state index in [0.29, 0.717) is 5.01 Å². The Hall–Kier alpha value is -2.37. The summed E-state index contributed by atoms with van der Waals surface area (Å²) in [6.07, 6.45) is -0.455. The minimum atomic E-state index is -0.912. The maximum atomic E-state index is 11.3. The van der Waals surface area contributed by atoms with E-state index in [4.69, 9.17) is 0 Å². The molecule has 0 spiro atoms. The molecular formula is C12H14N2O4. The van der Waals surface area contributed by atoms with Crippen molar-refractivity contribution >= 4 is 18.4 Å². The predicted octanol–water partition coefficient (Wildman–Crippen LogP) is 2.16. The van der Waals surface area contributed by atoms with Gasteiger partial charge in [0, 0.05) is 0 Å². The minimum Gasteiger partial charge on any atom is -0.451 e. The lowest BCUT2D eigenvalue weighted by molar-refractivity contribution is 0.1000. The standard InChI is InChI=1S/C12H14N2O4/c1-9-4-6-10(7-5-9)8-13-14(11(15)17-2)12(16)18-3/h4-8H,1-3H3/b13-8+. The summed E-state index contributed by atoms with van der Waals surface area (Å²) in [7, 11) is 2.30. The number of benzene rings is 1. The first-order valence-electron chi connectivity index (χ1n) is 5.15. The van der Waals surface area contributed by atoms with Crippen molar-refractivity contribution in [3.05, 3.63) is 35.4 Å². The van der Waals surface area contributed by atoms with Gasteiger partial charge in [-0.2, -0.15) is 5.10 Å². The Morgan fingerprint density at radius 1 is 1.11 bits per heavy atom. The molecule has 1 aromatic carbocycles. The predicted molar refractivity (Wildman–Crippen MR) is 65.4 cm³/mol. The average Bonchev–Trinajstić information content (AvgIpc) is 2.40. The van der Waals surface area contributed by atoms with Crippen molar-refractivity contribution in [3.8, 4) is 0 Å². The van der Waals surface area contributed by atoms with Crippen LogP contribution >= 0.6 is 0 Å². The third kappa shape index (κ3) is 3.58. The highest BCUT2D eigenvalue weighted by Gasteiger charge is 2.21. The van der Waals surface area contributed by atoms with Gasteiger partial charge in [-0.1, -0.05) is 34.8 Å². The van der Waals surface area contributed by atoms with Gasteiger partial charge in [-0.15, -0.1) is 0 Å². The lowest BCUT2D eigenvalue weighted by atomic mass is 10.2. The second-order valence-electron chi connectivity index (χ2n) is 3.41. The number of hydrazone groups is 1. The van der Waals surface area contributed by atoms with Crippen LogP contribution in [0.2, 0.25) is 0 Å². The van der Waals surface area contributed by atoms with Gasteiger partial charge in [-0.25, -0.2) is 9.59 Å². The molecule has 0 atom stereocenters. The van der Waals surface area contributed by atoms with Crippen LogP contribution in [0.1, 0.15) is 11.1 Å². The molecule has 0 aliphatic carbocycles. The van der Waals surface area contributed by atoms with Gasteiger partial charge < -0.3 is 9.47 Å². The van der Waals surface area contributed by atoms with Crippen molar-refractivity contribution < 1.29 is 19.1 Å². The van der Waals surface area contributed by atoms with Crippen molar-refractivity contribution in [1.82, 2.24) is 5.01 Å². The molecule has 1 aromatic rings. The quantitative estimate of drug-likeness (QED) is 0.595. The Kier molecular flexibility index (Phi) is 4.86. The topological polar surface area (TPSA) is 68.2 Å². The third-order valence-electron chi connectivity index (χ3n) is 2.09. The summed E-state index contributed by atoms with van der Waals surface area (Å²) >= 11 is 0. The number of methoxy groups -OCH3 is 2. The van der Waals surface area contributed by atoms with Crippen molar-refractivity contribution in [1.29, 1.82) is 0 Å². The lowest BCUT2D eigenvalue weighted by Crippen LogP contribution is -2.32. The van der Waals surface area contributed by atoms with E-state index in [1.807, 2.05) is 31.2 Å². The zero-order valence-electron chi connectivity index (χ0n) is 10.4. The van der Waals surface area contributed by atoms with E-state index >= 15 is 0 Å². The van der Waals surface area contributed by atoms with Crippen molar-refractivity contribution in [3.63, 3.8) is 0 Å². The first-order chi connectivity index (χ1) is 8.58. The molecule has 6 nitrogen and oxygen atoms in total. The summed E-state index contributed by atoms with van der Waals surface area (Å²) in [5.41, 5.74) is 1.85. The van der Waals surface area contributed by atoms with E-state index in [2.05, 4.69) is 14.6 Å². The summed E-state index contributed by atoms with van der Waals surface area (Å²) in [6, 6.07) is 7.40. The Bertz CT molecular complexity index is 438. The zero-order chi connectivity index (χ0) is 13.5. The van der Waals surface area contributed by atoms with E-state index in [9.17, 15) is 9.59 Å². The number of aryl methyl sites for hydroxylation is 1. The van der Waals surface area contributed by atoms with E-state index in [1.54, 1.807) is 0 Å². The molecule has 0 saturated heterocycles. The Balaban J connectivity index is 2.86. The Morgan fingerprint density at radius 3 is 2.06 bits per heavy atom. The smallest absolute Gasteiger partial charge is 0.440 e. The third-order valence-corrected chi connectivity index (χ3v) is 2.09. The highest BCUT2D eigenvalue weighted by Crippen LogP contribution is 2.03. The number of carbonyl (C=O) groups is 2. The van der Waals surface area contributed by atoms with Crippen LogP contribution < -0.4 is 0 Å². The summed E-state index contributed by atoms with van der Waals surface area (Å²) in [5.74, 6) is 0. The molecule has 96 valence electrons. The highest BCUT2D eigenvalue weighted by atomic mass is 16.6. The Morgan fingerprint density at radius 2 is 1.61 bits per heavy atom. The molecule has 0 bridgehead atoms. The van der Waals surface area contributed by atoms with E-state index < -0.39 is 12.2 Å².